The Morgan fingerprint density at radius 2 is 2.12 bits per heavy atom. The van der Waals surface area contributed by atoms with Crippen LogP contribution in [0.1, 0.15) is 23.3 Å². The van der Waals surface area contributed by atoms with E-state index in [-0.39, 0.29) is 0 Å². The van der Waals surface area contributed by atoms with Crippen LogP contribution in [0.3, 0.4) is 0 Å². The van der Waals surface area contributed by atoms with E-state index in [1.165, 1.54) is 15.8 Å². The zero-order valence-corrected chi connectivity index (χ0v) is 11.7. The van der Waals surface area contributed by atoms with Gasteiger partial charge in [-0.3, -0.25) is 0 Å². The molecular formula is C12H16ClN3S. The van der Waals surface area contributed by atoms with E-state index >= 15 is 0 Å². The van der Waals surface area contributed by atoms with E-state index in [1.54, 1.807) is 17.7 Å². The van der Waals surface area contributed by atoms with Gasteiger partial charge in [-0.2, -0.15) is 0 Å². The molecule has 3 nitrogen and oxygen atoms in total. The van der Waals surface area contributed by atoms with Gasteiger partial charge >= 0.3 is 0 Å². The van der Waals surface area contributed by atoms with Crippen LogP contribution in [0.15, 0.2) is 6.33 Å². The van der Waals surface area contributed by atoms with Crippen LogP contribution >= 0.6 is 22.9 Å². The number of nitrogens with one attached hydrogen (secondary N) is 1. The molecule has 5 heteroatoms. The molecule has 0 unspecified atom stereocenters. The number of hydrogen-bond acceptors (Lipinski definition) is 4. The monoisotopic (exact) mass is 269 g/mol. The van der Waals surface area contributed by atoms with Crippen LogP contribution < -0.4 is 5.32 Å². The van der Waals surface area contributed by atoms with E-state index in [0.717, 1.165) is 35.9 Å². The summed E-state index contributed by atoms with van der Waals surface area (Å²) in [5.74, 6) is 1.67. The van der Waals surface area contributed by atoms with Crippen molar-refractivity contribution in [1.29, 1.82) is 0 Å². The second-order valence-corrected chi connectivity index (χ2v) is 5.59. The number of hydrogen-bond donors (Lipinski definition) is 1. The molecule has 0 radical (unpaired) electrons. The smallest absolute Gasteiger partial charge is 0.138 e. The average Bonchev–Trinajstić information content (AvgIpc) is 2.62. The van der Waals surface area contributed by atoms with Gasteiger partial charge in [0.25, 0.3) is 0 Å². The summed E-state index contributed by atoms with van der Waals surface area (Å²) in [7, 11) is 0. The molecule has 0 aliphatic heterocycles. The number of rotatable bonds is 5. The number of alkyl halides is 1. The summed E-state index contributed by atoms with van der Waals surface area (Å²) in [5, 5.41) is 4.54. The highest BCUT2D eigenvalue weighted by molar-refractivity contribution is 7.18. The first-order valence-electron chi connectivity index (χ1n) is 5.74. The number of halogens is 1. The van der Waals surface area contributed by atoms with E-state index in [9.17, 15) is 0 Å². The number of anilines is 1. The molecule has 2 aromatic rings. The van der Waals surface area contributed by atoms with Crippen molar-refractivity contribution < 1.29 is 0 Å². The fraction of sp³-hybridized carbons (Fsp3) is 0.500. The van der Waals surface area contributed by atoms with Gasteiger partial charge in [-0.15, -0.1) is 22.9 Å². The maximum atomic E-state index is 5.66. The van der Waals surface area contributed by atoms with Gasteiger partial charge in [-0.1, -0.05) is 0 Å². The van der Waals surface area contributed by atoms with Gasteiger partial charge in [0.2, 0.25) is 0 Å². The van der Waals surface area contributed by atoms with Crippen LogP contribution in [-0.4, -0.2) is 22.4 Å². The third kappa shape index (κ3) is 2.69. The lowest BCUT2D eigenvalue weighted by atomic mass is 10.2. The molecule has 0 atom stereocenters. The van der Waals surface area contributed by atoms with Gasteiger partial charge < -0.3 is 5.32 Å². The number of aromatic nitrogens is 2. The summed E-state index contributed by atoms with van der Waals surface area (Å²) in [6.07, 6.45) is 3.73. The molecule has 0 bridgehead atoms. The molecule has 1 N–H and O–H groups in total. The fourth-order valence-electron chi connectivity index (χ4n) is 1.74. The molecule has 0 aromatic carbocycles. The normalized spacial score (nSPS) is 11.0. The second-order valence-electron chi connectivity index (χ2n) is 4.01. The Labute approximate surface area is 110 Å². The molecule has 2 rings (SSSR count). The first kappa shape index (κ1) is 12.6. The lowest BCUT2D eigenvalue weighted by Crippen LogP contribution is -2.04. The zero-order valence-electron chi connectivity index (χ0n) is 10.1. The largest absolute Gasteiger partial charge is 0.369 e. The van der Waals surface area contributed by atoms with Crippen LogP contribution in [0.2, 0.25) is 0 Å². The number of aryl methyl sites for hydroxylation is 2. The Morgan fingerprint density at radius 1 is 1.29 bits per heavy atom. The summed E-state index contributed by atoms with van der Waals surface area (Å²) in [6.45, 7) is 5.16. The highest BCUT2D eigenvalue weighted by Gasteiger charge is 2.10. The maximum absolute atomic E-state index is 5.66. The minimum atomic E-state index is 0.720. The predicted molar refractivity (Wildman–Crippen MR) is 75.3 cm³/mol. The Hall–Kier alpha value is -0.870. The Morgan fingerprint density at radius 3 is 2.88 bits per heavy atom. The first-order valence-corrected chi connectivity index (χ1v) is 7.09. The number of thiophene rings is 1. The molecule has 17 heavy (non-hydrogen) atoms. The summed E-state index contributed by atoms with van der Waals surface area (Å²) < 4.78 is 0. The van der Waals surface area contributed by atoms with Gasteiger partial charge in [-0.25, -0.2) is 9.97 Å². The van der Waals surface area contributed by atoms with Crippen molar-refractivity contribution in [3.8, 4) is 0 Å². The van der Waals surface area contributed by atoms with Crippen LogP contribution in [0.4, 0.5) is 5.82 Å². The Kier molecular flexibility index (Phi) is 4.18. The number of unbranched alkanes of at least 4 members (excludes halogenated alkanes) is 1. The van der Waals surface area contributed by atoms with Crippen LogP contribution in [0, 0.1) is 13.8 Å². The van der Waals surface area contributed by atoms with Crippen LogP contribution in [0.25, 0.3) is 10.2 Å². The second kappa shape index (κ2) is 5.65. The molecule has 2 aromatic heterocycles. The molecule has 0 saturated heterocycles. The van der Waals surface area contributed by atoms with Crippen molar-refractivity contribution in [1.82, 2.24) is 9.97 Å². The average molecular weight is 270 g/mol. The standard InChI is InChI=1S/C12H16ClN3S/c1-8-9(2)17-12-10(8)11(15-7-16-12)14-6-4-3-5-13/h7H,3-6H2,1-2H3,(H,14,15,16). The van der Waals surface area contributed by atoms with Gasteiger partial charge in [0.15, 0.2) is 0 Å². The quantitative estimate of drug-likeness (QED) is 0.664. The number of nitrogens with zero attached hydrogens (tertiary/aromatic N) is 2. The van der Waals surface area contributed by atoms with E-state index < -0.39 is 0 Å². The van der Waals surface area contributed by atoms with Crippen molar-refractivity contribution in [3.05, 3.63) is 16.8 Å². The van der Waals surface area contributed by atoms with Crippen molar-refractivity contribution in [2.45, 2.75) is 26.7 Å². The minimum Gasteiger partial charge on any atom is -0.369 e. The highest BCUT2D eigenvalue weighted by atomic mass is 35.5. The highest BCUT2D eigenvalue weighted by Crippen LogP contribution is 2.32. The van der Waals surface area contributed by atoms with Gasteiger partial charge in [0, 0.05) is 17.3 Å². The van der Waals surface area contributed by atoms with Crippen molar-refractivity contribution >= 4 is 39.0 Å². The van der Waals surface area contributed by atoms with Crippen molar-refractivity contribution in [3.63, 3.8) is 0 Å². The molecule has 0 fully saturated rings. The van der Waals surface area contributed by atoms with E-state index in [0.29, 0.717) is 0 Å². The van der Waals surface area contributed by atoms with Gasteiger partial charge in [-0.05, 0) is 32.3 Å². The first-order chi connectivity index (χ1) is 8.24. The lowest BCUT2D eigenvalue weighted by molar-refractivity contribution is 0.836. The molecular weight excluding hydrogens is 254 g/mol. The van der Waals surface area contributed by atoms with E-state index in [1.807, 2.05) is 0 Å². The van der Waals surface area contributed by atoms with Crippen LogP contribution in [0.5, 0.6) is 0 Å². The van der Waals surface area contributed by atoms with Crippen molar-refractivity contribution in [2.24, 2.45) is 0 Å². The molecule has 2 heterocycles. The van der Waals surface area contributed by atoms with Crippen molar-refractivity contribution in [2.75, 3.05) is 17.7 Å². The third-order valence-electron chi connectivity index (χ3n) is 2.82. The predicted octanol–water partition coefficient (Wildman–Crippen LogP) is 3.74. The SMILES string of the molecule is Cc1sc2ncnc(NCCCCCl)c2c1C. The number of fused-ring (bicyclic) bond motifs is 1. The molecule has 0 spiro atoms. The summed E-state index contributed by atoms with van der Waals surface area (Å²) in [6, 6.07) is 0. The topological polar surface area (TPSA) is 37.8 Å². The van der Waals surface area contributed by atoms with E-state index in [2.05, 4.69) is 29.1 Å². The van der Waals surface area contributed by atoms with Crippen LogP contribution in [-0.2, 0) is 0 Å². The summed E-state index contributed by atoms with van der Waals surface area (Å²) in [4.78, 5) is 11.0. The molecule has 0 saturated carbocycles. The summed E-state index contributed by atoms with van der Waals surface area (Å²) in [5.41, 5.74) is 1.28. The van der Waals surface area contributed by atoms with E-state index in [4.69, 9.17) is 11.6 Å². The Balaban J connectivity index is 2.21. The molecule has 0 aliphatic carbocycles. The molecule has 92 valence electrons. The minimum absolute atomic E-state index is 0.720. The van der Waals surface area contributed by atoms with Gasteiger partial charge in [0.1, 0.15) is 17.0 Å². The zero-order chi connectivity index (χ0) is 12.3. The van der Waals surface area contributed by atoms with Gasteiger partial charge in [0.05, 0.1) is 5.39 Å². The lowest BCUT2D eigenvalue weighted by Gasteiger charge is -2.06. The maximum Gasteiger partial charge on any atom is 0.138 e. The summed E-state index contributed by atoms with van der Waals surface area (Å²) >= 11 is 7.38. The molecule has 0 amide bonds. The Bertz CT molecular complexity index is 510. The fourth-order valence-corrected chi connectivity index (χ4v) is 2.93. The third-order valence-corrected chi connectivity index (χ3v) is 4.20. The molecule has 0 aliphatic rings.